The maximum Gasteiger partial charge on any atom is 0.143 e. The quantitative estimate of drug-likeness (QED) is 0.168. The Bertz CT molecular complexity index is 3810. The van der Waals surface area contributed by atoms with Gasteiger partial charge in [-0.3, -0.25) is 0 Å². The third kappa shape index (κ3) is 5.27. The van der Waals surface area contributed by atoms with Gasteiger partial charge in [0.15, 0.2) is 0 Å². The van der Waals surface area contributed by atoms with Gasteiger partial charge in [0.1, 0.15) is 22.3 Å². The molecule has 0 aliphatic heterocycles. The highest BCUT2D eigenvalue weighted by atomic mass is 16.3. The average molecular weight is 793 g/mol. The highest BCUT2D eigenvalue weighted by molar-refractivity contribution is 6.13. The molecule has 0 saturated carbocycles. The largest absolute Gasteiger partial charge is 0.456 e. The van der Waals surface area contributed by atoms with Crippen LogP contribution in [0.1, 0.15) is 0 Å². The van der Waals surface area contributed by atoms with E-state index in [0.29, 0.717) is 0 Å². The molecule has 3 aromatic heterocycles. The van der Waals surface area contributed by atoms with E-state index >= 15 is 0 Å². The number of benzene rings is 10. The third-order valence-corrected chi connectivity index (χ3v) is 12.6. The molecular formula is C58H36N2O2. The summed E-state index contributed by atoms with van der Waals surface area (Å²) in [7, 11) is 0. The van der Waals surface area contributed by atoms with E-state index in [2.05, 4.69) is 204 Å². The van der Waals surface area contributed by atoms with Gasteiger partial charge in [-0.1, -0.05) is 146 Å². The van der Waals surface area contributed by atoms with E-state index < -0.39 is 0 Å². The molecule has 0 aliphatic rings. The molecule has 0 saturated heterocycles. The van der Waals surface area contributed by atoms with Crippen LogP contribution < -0.4 is 4.90 Å². The molecule has 13 rings (SSSR count). The fraction of sp³-hybridized carbons (Fsp3) is 0. The molecule has 0 aliphatic carbocycles. The van der Waals surface area contributed by atoms with Gasteiger partial charge in [0, 0.05) is 60.0 Å². The molecule has 0 amide bonds. The summed E-state index contributed by atoms with van der Waals surface area (Å²) < 4.78 is 15.2. The van der Waals surface area contributed by atoms with Crippen LogP contribution in [0.5, 0.6) is 0 Å². The summed E-state index contributed by atoms with van der Waals surface area (Å²) in [5, 5.41) is 9.34. The topological polar surface area (TPSA) is 34.5 Å². The van der Waals surface area contributed by atoms with Crippen LogP contribution in [-0.2, 0) is 0 Å². The van der Waals surface area contributed by atoms with Crippen LogP contribution in [0.15, 0.2) is 227 Å². The van der Waals surface area contributed by atoms with E-state index in [4.69, 9.17) is 8.83 Å². The van der Waals surface area contributed by atoms with Crippen molar-refractivity contribution >= 4 is 93.5 Å². The van der Waals surface area contributed by atoms with Crippen molar-refractivity contribution in [2.75, 3.05) is 4.90 Å². The first-order valence-corrected chi connectivity index (χ1v) is 21.1. The van der Waals surface area contributed by atoms with E-state index in [1.165, 1.54) is 27.2 Å². The Kier molecular flexibility index (Phi) is 7.57. The van der Waals surface area contributed by atoms with Crippen LogP contribution in [0.25, 0.3) is 104 Å². The Balaban J connectivity index is 0.971. The summed E-state index contributed by atoms with van der Waals surface area (Å²) in [6.07, 6.45) is 0. The van der Waals surface area contributed by atoms with Crippen molar-refractivity contribution in [2.45, 2.75) is 0 Å². The number of fused-ring (bicyclic) bond motifs is 10. The fourth-order valence-electron chi connectivity index (χ4n) is 9.74. The van der Waals surface area contributed by atoms with E-state index in [1.54, 1.807) is 0 Å². The molecule has 0 spiro atoms. The van der Waals surface area contributed by atoms with Gasteiger partial charge in [-0.05, 0) is 89.5 Å². The number of anilines is 3. The second-order valence-corrected chi connectivity index (χ2v) is 16.0. The second kappa shape index (κ2) is 13.6. The molecule has 62 heavy (non-hydrogen) atoms. The number of hydrogen-bond donors (Lipinski definition) is 0. The third-order valence-electron chi connectivity index (χ3n) is 12.6. The predicted octanol–water partition coefficient (Wildman–Crippen LogP) is 16.5. The lowest BCUT2D eigenvalue weighted by Gasteiger charge is -2.28. The van der Waals surface area contributed by atoms with Crippen LogP contribution >= 0.6 is 0 Å². The molecule has 13 aromatic rings. The maximum atomic E-state index is 6.47. The second-order valence-electron chi connectivity index (χ2n) is 16.0. The van der Waals surface area contributed by atoms with E-state index in [9.17, 15) is 0 Å². The van der Waals surface area contributed by atoms with Gasteiger partial charge in [-0.2, -0.15) is 0 Å². The van der Waals surface area contributed by atoms with Crippen LogP contribution in [0.2, 0.25) is 0 Å². The summed E-state index contributed by atoms with van der Waals surface area (Å²) in [5.74, 6) is 0. The number of para-hydroxylation sites is 5. The van der Waals surface area contributed by atoms with E-state index in [0.717, 1.165) is 94.3 Å². The maximum absolute atomic E-state index is 6.47. The molecule has 290 valence electrons. The highest BCUT2D eigenvalue weighted by Crippen LogP contribution is 2.44. The van der Waals surface area contributed by atoms with Gasteiger partial charge < -0.3 is 18.3 Å². The molecule has 10 aromatic carbocycles. The normalized spacial score (nSPS) is 11.9. The zero-order valence-electron chi connectivity index (χ0n) is 33.5. The van der Waals surface area contributed by atoms with Crippen molar-refractivity contribution in [3.63, 3.8) is 0 Å². The monoisotopic (exact) mass is 792 g/mol. The van der Waals surface area contributed by atoms with Crippen LogP contribution in [0, 0.1) is 0 Å². The molecule has 4 heteroatoms. The van der Waals surface area contributed by atoms with Gasteiger partial charge in [0.25, 0.3) is 0 Å². The molecular weight excluding hydrogens is 757 g/mol. The lowest BCUT2D eigenvalue weighted by atomic mass is 10.0. The van der Waals surface area contributed by atoms with Crippen molar-refractivity contribution in [3.8, 4) is 27.9 Å². The standard InChI is InChI=1S/C58H36N2O2/c1-2-13-46-45(12-1)53(34-35-54(46)60-51-20-7-3-14-43(51)44-15-4-8-21-52(44)60)59(40-29-24-37(25-30-40)39-28-33-49-47-16-5-9-22-55(47)61-57(49)36-39)41-31-26-38(27-32-41)42-18-11-19-50-48-17-6-10-23-56(48)62-58(42)50/h1-36H. The van der Waals surface area contributed by atoms with Crippen molar-refractivity contribution in [3.05, 3.63) is 218 Å². The van der Waals surface area contributed by atoms with Crippen molar-refractivity contribution in [1.29, 1.82) is 0 Å². The van der Waals surface area contributed by atoms with Crippen LogP contribution in [0.3, 0.4) is 0 Å². The number of rotatable bonds is 6. The zero-order chi connectivity index (χ0) is 40.7. The van der Waals surface area contributed by atoms with E-state index in [1.807, 2.05) is 24.3 Å². The zero-order valence-corrected chi connectivity index (χ0v) is 33.5. The fourth-order valence-corrected chi connectivity index (χ4v) is 9.74. The lowest BCUT2D eigenvalue weighted by molar-refractivity contribution is 0.669. The molecule has 4 nitrogen and oxygen atoms in total. The average Bonchev–Trinajstić information content (AvgIpc) is 4.02. The number of hydrogen-bond acceptors (Lipinski definition) is 3. The van der Waals surface area contributed by atoms with Gasteiger partial charge in [-0.15, -0.1) is 0 Å². The molecule has 3 heterocycles. The Morgan fingerprint density at radius 2 is 0.839 bits per heavy atom. The van der Waals surface area contributed by atoms with Gasteiger partial charge >= 0.3 is 0 Å². The minimum absolute atomic E-state index is 0.891. The molecule has 0 N–H and O–H groups in total. The Morgan fingerprint density at radius 3 is 1.53 bits per heavy atom. The number of nitrogens with zero attached hydrogens (tertiary/aromatic N) is 2. The van der Waals surface area contributed by atoms with Gasteiger partial charge in [-0.25, -0.2) is 0 Å². The van der Waals surface area contributed by atoms with Crippen molar-refractivity contribution < 1.29 is 8.83 Å². The summed E-state index contributed by atoms with van der Waals surface area (Å²) in [5.41, 5.74) is 14.7. The molecule has 0 bridgehead atoms. The minimum atomic E-state index is 0.891. The van der Waals surface area contributed by atoms with Crippen molar-refractivity contribution in [2.24, 2.45) is 0 Å². The van der Waals surface area contributed by atoms with E-state index in [-0.39, 0.29) is 0 Å². The summed E-state index contributed by atoms with van der Waals surface area (Å²) in [6.45, 7) is 0. The first kappa shape index (κ1) is 34.5. The molecule has 0 fully saturated rings. The number of furan rings is 2. The Labute approximate surface area is 356 Å². The minimum Gasteiger partial charge on any atom is -0.456 e. The van der Waals surface area contributed by atoms with Crippen molar-refractivity contribution in [1.82, 2.24) is 4.57 Å². The van der Waals surface area contributed by atoms with Gasteiger partial charge in [0.2, 0.25) is 0 Å². The summed E-state index contributed by atoms with van der Waals surface area (Å²) in [4.78, 5) is 2.38. The first-order chi connectivity index (χ1) is 30.7. The van der Waals surface area contributed by atoms with Crippen LogP contribution in [-0.4, -0.2) is 4.57 Å². The smallest absolute Gasteiger partial charge is 0.143 e. The van der Waals surface area contributed by atoms with Gasteiger partial charge in [0.05, 0.1) is 22.4 Å². The Hall–Kier alpha value is -8.34. The predicted molar refractivity (Wildman–Crippen MR) is 258 cm³/mol. The Morgan fingerprint density at radius 1 is 0.323 bits per heavy atom. The number of aromatic nitrogens is 1. The molecule has 0 atom stereocenters. The first-order valence-electron chi connectivity index (χ1n) is 21.1. The molecule has 0 radical (unpaired) electrons. The highest BCUT2D eigenvalue weighted by Gasteiger charge is 2.21. The molecule has 0 unspecified atom stereocenters. The summed E-state index contributed by atoms with van der Waals surface area (Å²) in [6, 6.07) is 78.1. The lowest BCUT2D eigenvalue weighted by Crippen LogP contribution is -2.11. The summed E-state index contributed by atoms with van der Waals surface area (Å²) >= 11 is 0. The SMILES string of the molecule is c1ccc2c(c1)oc1cc(-c3ccc(N(c4ccc(-c5cccc6c5oc5ccccc56)cc4)c4ccc(-n5c6ccccc6c6ccccc65)c5ccccc45)cc3)ccc12. The van der Waals surface area contributed by atoms with Crippen LogP contribution in [0.4, 0.5) is 17.1 Å².